The summed E-state index contributed by atoms with van der Waals surface area (Å²) in [6.07, 6.45) is 2.58. The molecule has 0 aliphatic heterocycles. The highest BCUT2D eigenvalue weighted by atomic mass is 15.2. The van der Waals surface area contributed by atoms with Crippen LogP contribution in [0, 0.1) is 0 Å². The van der Waals surface area contributed by atoms with Crippen molar-refractivity contribution in [2.24, 2.45) is 0 Å². The number of fused-ring (bicyclic) bond motifs is 1. The Kier molecular flexibility index (Phi) is 2.30. The Hall–Kier alpha value is -2.29. The topological polar surface area (TPSA) is 40.7 Å². The van der Waals surface area contributed by atoms with Gasteiger partial charge in [-0.15, -0.1) is 0 Å². The number of nitrogens with one attached hydrogen (secondary N) is 2. The highest BCUT2D eigenvalue weighted by Crippen LogP contribution is 2.39. The first kappa shape index (κ1) is 10.6. The zero-order valence-electron chi connectivity index (χ0n) is 10.6. The number of anilines is 2. The first-order valence-corrected chi connectivity index (χ1v) is 6.70. The van der Waals surface area contributed by atoms with E-state index in [1.165, 1.54) is 29.3 Å². The third-order valence-corrected chi connectivity index (χ3v) is 3.64. The normalized spacial score (nSPS) is 14.7. The fourth-order valence-electron chi connectivity index (χ4n) is 2.42. The summed E-state index contributed by atoms with van der Waals surface area (Å²) in [6, 6.07) is 16.9. The van der Waals surface area contributed by atoms with Crippen LogP contribution in [0.3, 0.4) is 0 Å². The van der Waals surface area contributed by atoms with Crippen LogP contribution >= 0.6 is 0 Å². The fraction of sp³-hybridized carbons (Fsp3) is 0.188. The van der Waals surface area contributed by atoms with Gasteiger partial charge in [-0.25, -0.2) is 0 Å². The van der Waals surface area contributed by atoms with Crippen molar-refractivity contribution in [3.8, 4) is 0 Å². The molecule has 0 saturated heterocycles. The molecule has 0 atom stereocenters. The second kappa shape index (κ2) is 4.12. The van der Waals surface area contributed by atoms with Gasteiger partial charge in [0, 0.05) is 23.4 Å². The summed E-state index contributed by atoms with van der Waals surface area (Å²) in [5.74, 6) is 1.61. The van der Waals surface area contributed by atoms with E-state index in [-0.39, 0.29) is 0 Å². The Morgan fingerprint density at radius 2 is 1.84 bits per heavy atom. The number of hydrogen-bond acceptors (Lipinski definition) is 2. The summed E-state index contributed by atoms with van der Waals surface area (Å²) in [5, 5.41) is 13.3. The van der Waals surface area contributed by atoms with Crippen molar-refractivity contribution in [1.82, 2.24) is 10.2 Å². The molecule has 0 bridgehead atoms. The minimum atomic E-state index is 0.708. The molecule has 19 heavy (non-hydrogen) atoms. The van der Waals surface area contributed by atoms with Crippen LogP contribution in [0.15, 0.2) is 48.5 Å². The van der Waals surface area contributed by atoms with Crippen molar-refractivity contribution >= 4 is 22.3 Å². The lowest BCUT2D eigenvalue weighted by Crippen LogP contribution is -1.90. The van der Waals surface area contributed by atoms with Crippen molar-refractivity contribution in [2.75, 3.05) is 5.32 Å². The van der Waals surface area contributed by atoms with Crippen molar-refractivity contribution in [3.63, 3.8) is 0 Å². The predicted molar refractivity (Wildman–Crippen MR) is 77.8 cm³/mol. The van der Waals surface area contributed by atoms with E-state index >= 15 is 0 Å². The number of benzene rings is 2. The van der Waals surface area contributed by atoms with Gasteiger partial charge in [-0.3, -0.25) is 5.10 Å². The lowest BCUT2D eigenvalue weighted by molar-refractivity contribution is 0.967. The lowest BCUT2D eigenvalue weighted by Gasteiger charge is -2.04. The molecule has 0 radical (unpaired) electrons. The summed E-state index contributed by atoms with van der Waals surface area (Å²) in [6.45, 7) is 0. The summed E-state index contributed by atoms with van der Waals surface area (Å²) >= 11 is 0. The number of H-pyrrole nitrogens is 1. The van der Waals surface area contributed by atoms with Crippen LogP contribution in [0.2, 0.25) is 0 Å². The minimum Gasteiger partial charge on any atom is -0.339 e. The molecule has 2 aromatic carbocycles. The first-order chi connectivity index (χ1) is 9.38. The molecule has 0 amide bonds. The molecule has 3 aromatic rings. The zero-order valence-corrected chi connectivity index (χ0v) is 10.6. The van der Waals surface area contributed by atoms with Crippen LogP contribution in [-0.2, 0) is 0 Å². The molecule has 0 unspecified atom stereocenters. The molecular weight excluding hydrogens is 234 g/mol. The molecule has 1 heterocycles. The number of rotatable bonds is 3. The van der Waals surface area contributed by atoms with Gasteiger partial charge in [0.15, 0.2) is 5.82 Å². The summed E-state index contributed by atoms with van der Waals surface area (Å²) in [7, 11) is 0. The van der Waals surface area contributed by atoms with Crippen molar-refractivity contribution in [1.29, 1.82) is 0 Å². The number of hydrogen-bond donors (Lipinski definition) is 2. The summed E-state index contributed by atoms with van der Waals surface area (Å²) < 4.78 is 0. The number of aromatic nitrogens is 2. The van der Waals surface area contributed by atoms with Crippen LogP contribution < -0.4 is 5.32 Å². The van der Waals surface area contributed by atoms with Crippen molar-refractivity contribution < 1.29 is 0 Å². The molecule has 94 valence electrons. The summed E-state index contributed by atoms with van der Waals surface area (Å²) in [4.78, 5) is 0. The maximum atomic E-state index is 4.32. The van der Waals surface area contributed by atoms with E-state index in [0.29, 0.717) is 5.92 Å². The van der Waals surface area contributed by atoms with E-state index in [1.807, 2.05) is 0 Å². The highest BCUT2D eigenvalue weighted by molar-refractivity contribution is 5.86. The molecule has 4 rings (SSSR count). The Bertz CT molecular complexity index is 725. The largest absolute Gasteiger partial charge is 0.339 e. The minimum absolute atomic E-state index is 0.708. The lowest BCUT2D eigenvalue weighted by atomic mass is 10.1. The van der Waals surface area contributed by atoms with Gasteiger partial charge in [0.1, 0.15) is 0 Å². The second-order valence-corrected chi connectivity index (χ2v) is 5.17. The van der Waals surface area contributed by atoms with E-state index in [4.69, 9.17) is 0 Å². The van der Waals surface area contributed by atoms with Gasteiger partial charge < -0.3 is 5.32 Å². The molecule has 1 aliphatic rings. The molecule has 2 N–H and O–H groups in total. The zero-order chi connectivity index (χ0) is 12.7. The van der Waals surface area contributed by atoms with E-state index < -0.39 is 0 Å². The Balaban J connectivity index is 1.62. The van der Waals surface area contributed by atoms with Crippen LogP contribution in [0.1, 0.15) is 24.5 Å². The molecule has 1 aromatic heterocycles. The van der Waals surface area contributed by atoms with Crippen molar-refractivity contribution in [3.05, 3.63) is 54.2 Å². The fourth-order valence-corrected chi connectivity index (χ4v) is 2.42. The maximum Gasteiger partial charge on any atom is 0.152 e. The van der Waals surface area contributed by atoms with Crippen LogP contribution in [0.5, 0.6) is 0 Å². The van der Waals surface area contributed by atoms with Gasteiger partial charge in [-0.2, -0.15) is 5.10 Å². The van der Waals surface area contributed by atoms with Gasteiger partial charge in [-0.1, -0.05) is 30.3 Å². The molecule has 1 fully saturated rings. The Morgan fingerprint density at radius 1 is 1.00 bits per heavy atom. The quantitative estimate of drug-likeness (QED) is 0.731. The average Bonchev–Trinajstić information content (AvgIpc) is 3.20. The van der Waals surface area contributed by atoms with Gasteiger partial charge in [-0.05, 0) is 35.7 Å². The SMILES string of the molecule is c1ccc2cc(Nc3cc(C4CC4)[nH]n3)ccc2c1. The molecule has 3 nitrogen and oxygen atoms in total. The first-order valence-electron chi connectivity index (χ1n) is 6.70. The van der Waals surface area contributed by atoms with Crippen LogP contribution in [-0.4, -0.2) is 10.2 Å². The smallest absolute Gasteiger partial charge is 0.152 e. The third-order valence-electron chi connectivity index (χ3n) is 3.64. The summed E-state index contributed by atoms with van der Waals surface area (Å²) in [5.41, 5.74) is 2.33. The highest BCUT2D eigenvalue weighted by Gasteiger charge is 2.25. The molecule has 1 saturated carbocycles. The van der Waals surface area contributed by atoms with E-state index in [9.17, 15) is 0 Å². The number of aromatic amines is 1. The number of nitrogens with zero attached hydrogens (tertiary/aromatic N) is 1. The Morgan fingerprint density at radius 3 is 2.68 bits per heavy atom. The van der Waals surface area contributed by atoms with Gasteiger partial charge in [0.25, 0.3) is 0 Å². The Labute approximate surface area is 111 Å². The third kappa shape index (κ3) is 2.08. The van der Waals surface area contributed by atoms with Crippen LogP contribution in [0.25, 0.3) is 10.8 Å². The van der Waals surface area contributed by atoms with Crippen LogP contribution in [0.4, 0.5) is 11.5 Å². The van der Waals surface area contributed by atoms with Gasteiger partial charge in [0.2, 0.25) is 0 Å². The monoisotopic (exact) mass is 249 g/mol. The van der Waals surface area contributed by atoms with Crippen molar-refractivity contribution in [2.45, 2.75) is 18.8 Å². The van der Waals surface area contributed by atoms with E-state index in [0.717, 1.165) is 11.5 Å². The average molecular weight is 249 g/mol. The van der Waals surface area contributed by atoms with E-state index in [2.05, 4.69) is 64.0 Å². The molecule has 0 spiro atoms. The van der Waals surface area contributed by atoms with E-state index in [1.54, 1.807) is 0 Å². The predicted octanol–water partition coefficient (Wildman–Crippen LogP) is 4.18. The molecule has 1 aliphatic carbocycles. The molecule has 3 heteroatoms. The van der Waals surface area contributed by atoms with Gasteiger partial charge in [0.05, 0.1) is 0 Å². The van der Waals surface area contributed by atoms with Gasteiger partial charge >= 0.3 is 0 Å². The molecular formula is C16H15N3. The standard InChI is InChI=1S/C16H15N3/c1-2-4-13-9-14(8-7-11(13)3-1)17-16-10-15(18-19-16)12-5-6-12/h1-4,7-10,12H,5-6H2,(H2,17,18,19). The second-order valence-electron chi connectivity index (χ2n) is 5.17. The maximum absolute atomic E-state index is 4.32.